The van der Waals surface area contributed by atoms with E-state index in [0.29, 0.717) is 18.3 Å². The summed E-state index contributed by atoms with van der Waals surface area (Å²) in [6.07, 6.45) is 0.275. The average Bonchev–Trinajstić information content (AvgIpc) is 3.14. The summed E-state index contributed by atoms with van der Waals surface area (Å²) >= 11 is 1.37. The Kier molecular flexibility index (Phi) is 5.18. The highest BCUT2D eigenvalue weighted by molar-refractivity contribution is 7.13. The second-order valence-electron chi connectivity index (χ2n) is 5.72. The predicted octanol–water partition coefficient (Wildman–Crippen LogP) is 2.78. The van der Waals surface area contributed by atoms with E-state index in [9.17, 15) is 9.59 Å². The predicted molar refractivity (Wildman–Crippen MR) is 97.4 cm³/mol. The lowest BCUT2D eigenvalue weighted by atomic mass is 10.2. The molecule has 1 aliphatic rings. The summed E-state index contributed by atoms with van der Waals surface area (Å²) < 4.78 is 5.41. The van der Waals surface area contributed by atoms with Gasteiger partial charge < -0.3 is 15.0 Å². The number of hydrogen-bond donors (Lipinski definition) is 2. The van der Waals surface area contributed by atoms with Crippen LogP contribution in [-0.2, 0) is 4.79 Å². The largest absolute Gasteiger partial charge is 0.494 e. The molecule has 25 heavy (non-hydrogen) atoms. The second kappa shape index (κ2) is 7.52. The number of rotatable bonds is 5. The van der Waals surface area contributed by atoms with Crippen molar-refractivity contribution in [2.45, 2.75) is 26.3 Å². The molecule has 1 aliphatic heterocycles. The number of urea groups is 1. The van der Waals surface area contributed by atoms with Crippen molar-refractivity contribution < 1.29 is 14.3 Å². The van der Waals surface area contributed by atoms with Crippen LogP contribution in [0.1, 0.15) is 19.0 Å². The molecule has 1 aromatic carbocycles. The fraction of sp³-hybridized carbons (Fsp3) is 0.353. The van der Waals surface area contributed by atoms with Crippen LogP contribution in [0.25, 0.3) is 0 Å². The number of anilines is 2. The van der Waals surface area contributed by atoms with Gasteiger partial charge in [0.15, 0.2) is 5.13 Å². The number of amides is 3. The molecule has 2 aromatic rings. The molecule has 1 saturated heterocycles. The van der Waals surface area contributed by atoms with Crippen LogP contribution in [-0.4, -0.2) is 36.1 Å². The van der Waals surface area contributed by atoms with Crippen molar-refractivity contribution in [2.24, 2.45) is 0 Å². The van der Waals surface area contributed by atoms with E-state index >= 15 is 0 Å². The third-order valence-corrected chi connectivity index (χ3v) is 4.63. The highest BCUT2D eigenvalue weighted by Crippen LogP contribution is 2.24. The molecule has 3 amide bonds. The van der Waals surface area contributed by atoms with Gasteiger partial charge >= 0.3 is 6.03 Å². The summed E-state index contributed by atoms with van der Waals surface area (Å²) in [5.41, 5.74) is 1.66. The zero-order valence-electron chi connectivity index (χ0n) is 14.1. The molecular weight excluding hydrogens is 340 g/mol. The molecule has 0 spiro atoms. The van der Waals surface area contributed by atoms with Crippen LogP contribution in [0.4, 0.5) is 15.6 Å². The molecule has 7 nitrogen and oxygen atoms in total. The highest BCUT2D eigenvalue weighted by atomic mass is 32.1. The zero-order valence-corrected chi connectivity index (χ0v) is 14.9. The summed E-state index contributed by atoms with van der Waals surface area (Å²) in [5.74, 6) is 0.755. The first-order valence-corrected chi connectivity index (χ1v) is 8.96. The SMILES string of the molecule is CCOc1ccc(N2C[C@H](NC(=O)Nc3nc(C)cs3)CC2=O)cc1. The maximum Gasteiger partial charge on any atom is 0.321 e. The van der Waals surface area contributed by atoms with E-state index in [1.807, 2.05) is 43.5 Å². The number of thiazole rings is 1. The normalized spacial score (nSPS) is 16.8. The number of aryl methyl sites for hydroxylation is 1. The van der Waals surface area contributed by atoms with Crippen molar-refractivity contribution in [3.63, 3.8) is 0 Å². The number of nitrogens with zero attached hydrogens (tertiary/aromatic N) is 2. The first-order valence-electron chi connectivity index (χ1n) is 8.08. The minimum Gasteiger partial charge on any atom is -0.494 e. The van der Waals surface area contributed by atoms with Crippen molar-refractivity contribution in [3.8, 4) is 5.75 Å². The third-order valence-electron chi connectivity index (χ3n) is 3.76. The van der Waals surface area contributed by atoms with Gasteiger partial charge in [0, 0.05) is 24.0 Å². The van der Waals surface area contributed by atoms with Crippen LogP contribution in [0.5, 0.6) is 5.75 Å². The molecule has 0 radical (unpaired) electrons. The summed E-state index contributed by atoms with van der Waals surface area (Å²) in [6.45, 7) is 4.83. The summed E-state index contributed by atoms with van der Waals surface area (Å²) in [4.78, 5) is 30.2. The molecule has 0 unspecified atom stereocenters. The van der Waals surface area contributed by atoms with E-state index in [1.165, 1.54) is 11.3 Å². The summed E-state index contributed by atoms with van der Waals surface area (Å²) in [6, 6.07) is 6.79. The number of carbonyl (C=O) groups is 2. The van der Waals surface area contributed by atoms with Gasteiger partial charge in [-0.15, -0.1) is 11.3 Å². The molecule has 1 fully saturated rings. The Morgan fingerprint density at radius 2 is 2.16 bits per heavy atom. The number of carbonyl (C=O) groups excluding carboxylic acids is 2. The number of hydrogen-bond acceptors (Lipinski definition) is 5. The smallest absolute Gasteiger partial charge is 0.321 e. The van der Waals surface area contributed by atoms with Gasteiger partial charge in [0.05, 0.1) is 18.3 Å². The zero-order chi connectivity index (χ0) is 17.8. The minimum atomic E-state index is -0.347. The summed E-state index contributed by atoms with van der Waals surface area (Å²) in [7, 11) is 0. The van der Waals surface area contributed by atoms with Gasteiger partial charge in [-0.1, -0.05) is 0 Å². The maximum atomic E-state index is 12.3. The van der Waals surface area contributed by atoms with Gasteiger partial charge in [-0.3, -0.25) is 10.1 Å². The van der Waals surface area contributed by atoms with E-state index in [2.05, 4.69) is 15.6 Å². The number of nitrogens with one attached hydrogen (secondary N) is 2. The first-order chi connectivity index (χ1) is 12.0. The Labute approximate surface area is 150 Å². The van der Waals surface area contributed by atoms with Crippen LogP contribution in [0.2, 0.25) is 0 Å². The molecule has 2 N–H and O–H groups in total. The van der Waals surface area contributed by atoms with Gasteiger partial charge in [-0.25, -0.2) is 9.78 Å². The topological polar surface area (TPSA) is 83.6 Å². The lowest BCUT2D eigenvalue weighted by Crippen LogP contribution is -2.39. The Balaban J connectivity index is 1.57. The quantitative estimate of drug-likeness (QED) is 0.859. The molecule has 0 aliphatic carbocycles. The lowest BCUT2D eigenvalue weighted by molar-refractivity contribution is -0.117. The minimum absolute atomic E-state index is 0.0143. The molecule has 132 valence electrons. The summed E-state index contributed by atoms with van der Waals surface area (Å²) in [5, 5.41) is 7.93. The molecule has 1 aromatic heterocycles. The van der Waals surface area contributed by atoms with Crippen molar-refractivity contribution in [3.05, 3.63) is 35.3 Å². The molecule has 3 rings (SSSR count). The Morgan fingerprint density at radius 1 is 1.40 bits per heavy atom. The molecule has 0 saturated carbocycles. The molecule has 2 heterocycles. The molecular formula is C17H20N4O3S. The van der Waals surface area contributed by atoms with Crippen LogP contribution >= 0.6 is 11.3 Å². The number of aromatic nitrogens is 1. The highest BCUT2D eigenvalue weighted by Gasteiger charge is 2.31. The number of benzene rings is 1. The van der Waals surface area contributed by atoms with Crippen LogP contribution in [0, 0.1) is 6.92 Å². The molecule has 8 heteroatoms. The Bertz CT molecular complexity index is 760. The van der Waals surface area contributed by atoms with Crippen LogP contribution in [0.3, 0.4) is 0 Å². The Hall–Kier alpha value is -2.61. The van der Waals surface area contributed by atoms with Gasteiger partial charge in [-0.05, 0) is 38.1 Å². The van der Waals surface area contributed by atoms with E-state index in [1.54, 1.807) is 4.90 Å². The number of ether oxygens (including phenoxy) is 1. The van der Waals surface area contributed by atoms with Crippen LogP contribution < -0.4 is 20.3 Å². The van der Waals surface area contributed by atoms with Gasteiger partial charge in [-0.2, -0.15) is 0 Å². The molecule has 0 bridgehead atoms. The second-order valence-corrected chi connectivity index (χ2v) is 6.58. The maximum absolute atomic E-state index is 12.3. The van der Waals surface area contributed by atoms with Crippen molar-refractivity contribution in [1.29, 1.82) is 0 Å². The van der Waals surface area contributed by atoms with Crippen LogP contribution in [0.15, 0.2) is 29.6 Å². The van der Waals surface area contributed by atoms with E-state index in [-0.39, 0.29) is 24.4 Å². The average molecular weight is 360 g/mol. The Morgan fingerprint density at radius 3 is 2.80 bits per heavy atom. The third kappa shape index (κ3) is 4.27. The fourth-order valence-corrected chi connectivity index (χ4v) is 3.36. The van der Waals surface area contributed by atoms with E-state index in [0.717, 1.165) is 17.1 Å². The van der Waals surface area contributed by atoms with E-state index < -0.39 is 0 Å². The fourth-order valence-electron chi connectivity index (χ4n) is 2.67. The van der Waals surface area contributed by atoms with Crippen molar-refractivity contribution in [2.75, 3.05) is 23.4 Å². The van der Waals surface area contributed by atoms with E-state index in [4.69, 9.17) is 4.74 Å². The van der Waals surface area contributed by atoms with Crippen molar-refractivity contribution in [1.82, 2.24) is 10.3 Å². The van der Waals surface area contributed by atoms with Crippen molar-refractivity contribution >= 4 is 34.1 Å². The monoisotopic (exact) mass is 360 g/mol. The first kappa shape index (κ1) is 17.2. The van der Waals surface area contributed by atoms with Gasteiger partial charge in [0.2, 0.25) is 5.91 Å². The van der Waals surface area contributed by atoms with Gasteiger partial charge in [0.1, 0.15) is 5.75 Å². The van der Waals surface area contributed by atoms with Gasteiger partial charge in [0.25, 0.3) is 0 Å². The molecule has 1 atom stereocenters. The standard InChI is InChI=1S/C17H20N4O3S/c1-3-24-14-6-4-13(5-7-14)21-9-12(8-15(21)22)19-16(23)20-17-18-11(2)10-25-17/h4-7,10,12H,3,8-9H2,1-2H3,(H2,18,19,20,23)/t12-/m1/s1. The lowest BCUT2D eigenvalue weighted by Gasteiger charge is -2.17.